The molecule has 1 aromatic carbocycles. The predicted molar refractivity (Wildman–Crippen MR) is 94.7 cm³/mol. The van der Waals surface area contributed by atoms with Crippen LogP contribution in [0.3, 0.4) is 0 Å². The van der Waals surface area contributed by atoms with Crippen LogP contribution in [0.4, 0.5) is 0 Å². The highest BCUT2D eigenvalue weighted by atomic mass is 127. The zero-order chi connectivity index (χ0) is 17.4. The summed E-state index contributed by atoms with van der Waals surface area (Å²) in [7, 11) is 3.36. The molecule has 3 rings (SSSR count). The van der Waals surface area contributed by atoms with Crippen molar-refractivity contribution in [3.63, 3.8) is 0 Å². The Balaban J connectivity index is 1.82. The first kappa shape index (κ1) is 17.5. The summed E-state index contributed by atoms with van der Waals surface area (Å²) < 4.78 is 11.4. The van der Waals surface area contributed by atoms with E-state index in [1.54, 1.807) is 6.07 Å². The molecule has 0 spiro atoms. The fraction of sp³-hybridized carbons (Fsp3) is 0.529. The molecule has 6 nitrogen and oxygen atoms in total. The molecular formula is C17H20INO5. The fourth-order valence-electron chi connectivity index (χ4n) is 3.87. The molecule has 0 saturated carbocycles. The molecule has 2 unspecified atom stereocenters. The molecule has 1 aromatic rings. The van der Waals surface area contributed by atoms with Crippen molar-refractivity contribution in [1.29, 1.82) is 0 Å². The second-order valence-electron chi connectivity index (χ2n) is 6.35. The lowest BCUT2D eigenvalue weighted by atomic mass is 9.87. The van der Waals surface area contributed by atoms with E-state index in [4.69, 9.17) is 9.47 Å². The molecule has 2 heterocycles. The van der Waals surface area contributed by atoms with Gasteiger partial charge >= 0.3 is 11.9 Å². The summed E-state index contributed by atoms with van der Waals surface area (Å²) in [6, 6.07) is 5.11. The molecule has 0 amide bonds. The van der Waals surface area contributed by atoms with Crippen molar-refractivity contribution in [2.45, 2.75) is 37.5 Å². The van der Waals surface area contributed by atoms with Crippen LogP contribution in [0.1, 0.15) is 29.6 Å². The maximum atomic E-state index is 12.5. The summed E-state index contributed by atoms with van der Waals surface area (Å²) in [6.45, 7) is 0. The van der Waals surface area contributed by atoms with E-state index < -0.39 is 18.0 Å². The second-order valence-corrected chi connectivity index (χ2v) is 7.60. The van der Waals surface area contributed by atoms with Crippen LogP contribution in [-0.2, 0) is 14.3 Å². The first-order chi connectivity index (χ1) is 11.4. The van der Waals surface area contributed by atoms with Gasteiger partial charge in [-0.2, -0.15) is 0 Å². The molecule has 2 saturated heterocycles. The minimum Gasteiger partial charge on any atom is -0.507 e. The van der Waals surface area contributed by atoms with Crippen molar-refractivity contribution in [2.75, 3.05) is 14.2 Å². The van der Waals surface area contributed by atoms with Crippen LogP contribution in [-0.4, -0.2) is 54.3 Å². The highest BCUT2D eigenvalue weighted by Gasteiger charge is 2.51. The van der Waals surface area contributed by atoms with Crippen LogP contribution in [0.25, 0.3) is 0 Å². The van der Waals surface area contributed by atoms with Crippen molar-refractivity contribution < 1.29 is 24.2 Å². The lowest BCUT2D eigenvalue weighted by Gasteiger charge is -2.40. The van der Waals surface area contributed by atoms with Crippen molar-refractivity contribution >= 4 is 34.5 Å². The van der Waals surface area contributed by atoms with Crippen LogP contribution in [0, 0.1) is 9.49 Å². The first-order valence-corrected chi connectivity index (χ1v) is 8.99. The van der Waals surface area contributed by atoms with Gasteiger partial charge in [-0.05, 0) is 60.7 Å². The van der Waals surface area contributed by atoms with Crippen molar-refractivity contribution in [3.05, 3.63) is 27.3 Å². The number of esters is 2. The van der Waals surface area contributed by atoms with E-state index in [2.05, 4.69) is 27.5 Å². The van der Waals surface area contributed by atoms with Crippen molar-refractivity contribution in [3.8, 4) is 5.75 Å². The van der Waals surface area contributed by atoms with Gasteiger partial charge in [0, 0.05) is 22.1 Å². The third kappa shape index (κ3) is 3.11. The summed E-state index contributed by atoms with van der Waals surface area (Å²) in [5.41, 5.74) is 0.116. The topological polar surface area (TPSA) is 76.1 Å². The van der Waals surface area contributed by atoms with E-state index in [0.29, 0.717) is 12.5 Å². The number of phenols is 1. The lowest BCUT2D eigenvalue weighted by Crippen LogP contribution is -2.53. The van der Waals surface area contributed by atoms with Gasteiger partial charge in [-0.1, -0.05) is 0 Å². The number of fused-ring (bicyclic) bond motifs is 2. The number of benzene rings is 1. The number of hydrogen-bond acceptors (Lipinski definition) is 6. The Morgan fingerprint density at radius 3 is 2.75 bits per heavy atom. The normalized spacial score (nSPS) is 29.3. The molecule has 1 N–H and O–H groups in total. The van der Waals surface area contributed by atoms with Gasteiger partial charge in [-0.25, -0.2) is 4.79 Å². The lowest BCUT2D eigenvalue weighted by molar-refractivity contribution is -0.156. The largest absolute Gasteiger partial charge is 0.507 e. The number of aromatic hydroxyl groups is 1. The van der Waals surface area contributed by atoms with E-state index in [-0.39, 0.29) is 23.3 Å². The van der Waals surface area contributed by atoms with E-state index in [0.717, 1.165) is 16.4 Å². The zero-order valence-electron chi connectivity index (χ0n) is 13.6. The number of nitrogens with zero attached hydrogens (tertiary/aromatic N) is 1. The Labute approximate surface area is 154 Å². The molecule has 7 heteroatoms. The van der Waals surface area contributed by atoms with Gasteiger partial charge < -0.3 is 14.6 Å². The molecule has 2 aliphatic rings. The Hall–Kier alpha value is -1.35. The second kappa shape index (κ2) is 6.87. The number of rotatable bonds is 3. The Bertz CT molecular complexity index is 664. The Morgan fingerprint density at radius 2 is 2.08 bits per heavy atom. The minimum absolute atomic E-state index is 0.0271. The van der Waals surface area contributed by atoms with Crippen LogP contribution in [0.2, 0.25) is 0 Å². The molecule has 2 fully saturated rings. The summed E-state index contributed by atoms with van der Waals surface area (Å²) in [6.07, 6.45) is 1.95. The molecule has 2 aliphatic heterocycles. The number of carbonyl (C=O) groups is 2. The van der Waals surface area contributed by atoms with Crippen molar-refractivity contribution in [2.24, 2.45) is 5.92 Å². The molecular weight excluding hydrogens is 425 g/mol. The summed E-state index contributed by atoms with van der Waals surface area (Å²) in [5, 5.41) is 9.97. The van der Waals surface area contributed by atoms with E-state index in [9.17, 15) is 14.7 Å². The number of hydrogen-bond donors (Lipinski definition) is 1. The quantitative estimate of drug-likeness (QED) is 0.568. The Kier molecular flexibility index (Phi) is 5.00. The summed E-state index contributed by atoms with van der Waals surface area (Å²) >= 11 is 2.05. The van der Waals surface area contributed by atoms with E-state index in [1.807, 2.05) is 7.05 Å². The van der Waals surface area contributed by atoms with E-state index in [1.165, 1.54) is 19.2 Å². The molecule has 24 heavy (non-hydrogen) atoms. The maximum Gasteiger partial charge on any atom is 0.342 e. The molecule has 130 valence electrons. The molecule has 2 bridgehead atoms. The SMILES string of the molecule is COC(=O)[C@@H]1C2CCC(C[C@@H]1OC(=O)c1ccc(I)cc1O)N2C. The minimum atomic E-state index is -0.605. The van der Waals surface area contributed by atoms with Gasteiger partial charge in [0.2, 0.25) is 0 Å². The molecule has 4 atom stereocenters. The molecule has 0 aliphatic carbocycles. The third-order valence-corrected chi connectivity index (χ3v) is 5.80. The molecule has 0 aromatic heterocycles. The number of carbonyl (C=O) groups excluding carboxylic acids is 2. The van der Waals surface area contributed by atoms with Gasteiger partial charge in [0.15, 0.2) is 0 Å². The van der Waals surface area contributed by atoms with Gasteiger partial charge in [-0.3, -0.25) is 9.69 Å². The summed E-state index contributed by atoms with van der Waals surface area (Å²) in [5.74, 6) is -1.56. The number of ether oxygens (including phenoxy) is 2. The maximum absolute atomic E-state index is 12.5. The monoisotopic (exact) mass is 445 g/mol. The van der Waals surface area contributed by atoms with Crippen LogP contribution in [0.15, 0.2) is 18.2 Å². The van der Waals surface area contributed by atoms with Crippen LogP contribution in [0.5, 0.6) is 5.75 Å². The zero-order valence-corrected chi connectivity index (χ0v) is 15.7. The standard InChI is InChI=1S/C17H20INO5/c1-19-10-4-6-12(19)15(17(22)23-2)14(8-10)24-16(21)11-5-3-9(18)7-13(11)20/h3,5,7,10,12,14-15,20H,4,6,8H2,1-2H3/t10?,12?,14-,15+/m0/s1. The predicted octanol–water partition coefficient (Wildman–Crippen LogP) is 2.18. The average molecular weight is 445 g/mol. The van der Waals surface area contributed by atoms with Crippen LogP contribution >= 0.6 is 22.6 Å². The first-order valence-electron chi connectivity index (χ1n) is 7.91. The van der Waals surface area contributed by atoms with Gasteiger partial charge in [0.05, 0.1) is 7.11 Å². The summed E-state index contributed by atoms with van der Waals surface area (Å²) in [4.78, 5) is 26.9. The number of halogens is 1. The fourth-order valence-corrected chi connectivity index (χ4v) is 4.34. The van der Waals surface area contributed by atoms with Gasteiger partial charge in [0.1, 0.15) is 23.3 Å². The van der Waals surface area contributed by atoms with Crippen LogP contribution < -0.4 is 0 Å². The van der Waals surface area contributed by atoms with E-state index >= 15 is 0 Å². The highest BCUT2D eigenvalue weighted by molar-refractivity contribution is 14.1. The third-order valence-electron chi connectivity index (χ3n) is 5.13. The van der Waals surface area contributed by atoms with Gasteiger partial charge in [0.25, 0.3) is 0 Å². The molecule has 0 radical (unpaired) electrons. The van der Waals surface area contributed by atoms with Crippen molar-refractivity contribution in [1.82, 2.24) is 4.90 Å². The number of methoxy groups -OCH3 is 1. The smallest absolute Gasteiger partial charge is 0.342 e. The average Bonchev–Trinajstić information content (AvgIpc) is 2.78. The van der Waals surface area contributed by atoms with Gasteiger partial charge in [-0.15, -0.1) is 0 Å². The highest BCUT2D eigenvalue weighted by Crippen LogP contribution is 2.40. The number of piperidine rings is 1. The Morgan fingerprint density at radius 1 is 1.33 bits per heavy atom. The number of phenolic OH excluding ortho intramolecular Hbond substituents is 1.